The van der Waals surface area contributed by atoms with Crippen LogP contribution in [0.4, 0.5) is 0 Å². The summed E-state index contributed by atoms with van der Waals surface area (Å²) >= 11 is 0. The van der Waals surface area contributed by atoms with Crippen molar-refractivity contribution in [2.24, 2.45) is 0 Å². The minimum Gasteiger partial charge on any atom is -0.508 e. The van der Waals surface area contributed by atoms with Crippen LogP contribution in [0.1, 0.15) is 6.92 Å². The Morgan fingerprint density at radius 2 is 2.22 bits per heavy atom. The SMILES string of the molecule is CC1=CNC=C(O)C1O. The third kappa shape index (κ3) is 1.05. The van der Waals surface area contributed by atoms with Crippen molar-refractivity contribution in [1.29, 1.82) is 0 Å². The molecular weight excluding hydrogens is 118 g/mol. The summed E-state index contributed by atoms with van der Waals surface area (Å²) in [6.07, 6.45) is 2.19. The van der Waals surface area contributed by atoms with Crippen LogP contribution < -0.4 is 5.32 Å². The van der Waals surface area contributed by atoms with Gasteiger partial charge in [-0.1, -0.05) is 0 Å². The number of rotatable bonds is 0. The van der Waals surface area contributed by atoms with E-state index in [1.807, 2.05) is 0 Å². The van der Waals surface area contributed by atoms with Gasteiger partial charge in [-0.3, -0.25) is 0 Å². The molecule has 9 heavy (non-hydrogen) atoms. The zero-order chi connectivity index (χ0) is 6.85. The van der Waals surface area contributed by atoms with Crippen LogP contribution in [0.25, 0.3) is 0 Å². The van der Waals surface area contributed by atoms with E-state index in [1.165, 1.54) is 6.20 Å². The maximum atomic E-state index is 9.02. The highest BCUT2D eigenvalue weighted by atomic mass is 16.3. The molecule has 0 aromatic carbocycles. The first-order chi connectivity index (χ1) is 4.22. The fourth-order valence-corrected chi connectivity index (χ4v) is 0.650. The van der Waals surface area contributed by atoms with Crippen molar-refractivity contribution in [3.05, 3.63) is 23.7 Å². The fraction of sp³-hybridized carbons (Fsp3) is 0.333. The Hall–Kier alpha value is -0.960. The van der Waals surface area contributed by atoms with Crippen molar-refractivity contribution >= 4 is 0 Å². The third-order valence-electron chi connectivity index (χ3n) is 1.25. The highest BCUT2D eigenvalue weighted by molar-refractivity contribution is 5.20. The van der Waals surface area contributed by atoms with Gasteiger partial charge < -0.3 is 15.5 Å². The second kappa shape index (κ2) is 2.11. The largest absolute Gasteiger partial charge is 0.508 e. The summed E-state index contributed by atoms with van der Waals surface area (Å²) in [5.41, 5.74) is 0.718. The molecular formula is C6H9NO2. The van der Waals surface area contributed by atoms with Gasteiger partial charge in [0, 0.05) is 12.4 Å². The summed E-state index contributed by atoms with van der Waals surface area (Å²) < 4.78 is 0. The summed E-state index contributed by atoms with van der Waals surface area (Å²) in [5, 5.41) is 20.6. The maximum absolute atomic E-state index is 9.02. The Morgan fingerprint density at radius 1 is 1.56 bits per heavy atom. The van der Waals surface area contributed by atoms with Crippen LogP contribution in [0.15, 0.2) is 23.7 Å². The zero-order valence-electron chi connectivity index (χ0n) is 5.13. The van der Waals surface area contributed by atoms with E-state index in [9.17, 15) is 0 Å². The molecule has 3 heteroatoms. The molecule has 1 aliphatic rings. The Kier molecular flexibility index (Phi) is 1.44. The first-order valence-corrected chi connectivity index (χ1v) is 2.71. The molecule has 0 radical (unpaired) electrons. The molecule has 0 spiro atoms. The second-order valence-electron chi connectivity index (χ2n) is 2.03. The molecule has 1 heterocycles. The Bertz CT molecular complexity index is 154. The van der Waals surface area contributed by atoms with E-state index in [4.69, 9.17) is 10.2 Å². The van der Waals surface area contributed by atoms with Crippen LogP contribution in [0.5, 0.6) is 0 Å². The van der Waals surface area contributed by atoms with Crippen LogP contribution >= 0.6 is 0 Å². The molecule has 1 aliphatic heterocycles. The number of aliphatic hydroxyl groups is 2. The minimum atomic E-state index is -0.814. The van der Waals surface area contributed by atoms with Gasteiger partial charge in [-0.05, 0) is 12.5 Å². The molecule has 3 nitrogen and oxygen atoms in total. The number of nitrogens with one attached hydrogen (secondary N) is 1. The smallest absolute Gasteiger partial charge is 0.141 e. The maximum Gasteiger partial charge on any atom is 0.141 e. The average molecular weight is 127 g/mol. The lowest BCUT2D eigenvalue weighted by atomic mass is 10.1. The van der Waals surface area contributed by atoms with E-state index in [2.05, 4.69) is 5.32 Å². The van der Waals surface area contributed by atoms with Crippen molar-refractivity contribution in [2.75, 3.05) is 0 Å². The molecule has 0 amide bonds. The molecule has 1 rings (SSSR count). The predicted molar refractivity (Wildman–Crippen MR) is 33.6 cm³/mol. The van der Waals surface area contributed by atoms with E-state index in [0.29, 0.717) is 0 Å². The predicted octanol–water partition coefficient (Wildman–Crippen LogP) is 0.254. The van der Waals surface area contributed by atoms with Crippen molar-refractivity contribution in [1.82, 2.24) is 5.32 Å². The minimum absolute atomic E-state index is 0.0324. The van der Waals surface area contributed by atoms with Gasteiger partial charge in [0.05, 0.1) is 0 Å². The van der Waals surface area contributed by atoms with E-state index >= 15 is 0 Å². The lowest BCUT2D eigenvalue weighted by molar-refractivity contribution is 0.178. The molecule has 1 unspecified atom stereocenters. The van der Waals surface area contributed by atoms with Gasteiger partial charge in [-0.15, -0.1) is 0 Å². The summed E-state index contributed by atoms with van der Waals surface area (Å²) in [4.78, 5) is 0. The van der Waals surface area contributed by atoms with Gasteiger partial charge in [0.15, 0.2) is 0 Å². The topological polar surface area (TPSA) is 52.5 Å². The highest BCUT2D eigenvalue weighted by Crippen LogP contribution is 2.10. The van der Waals surface area contributed by atoms with Crippen LogP contribution in [-0.2, 0) is 0 Å². The van der Waals surface area contributed by atoms with Crippen LogP contribution in [0, 0.1) is 0 Å². The monoisotopic (exact) mass is 127 g/mol. The lowest BCUT2D eigenvalue weighted by Crippen LogP contribution is -2.19. The first kappa shape index (κ1) is 6.16. The number of dihydropyridines is 1. The van der Waals surface area contributed by atoms with E-state index in [0.717, 1.165) is 5.57 Å². The molecule has 50 valence electrons. The summed E-state index contributed by atoms with van der Waals surface area (Å²) in [6.45, 7) is 1.74. The van der Waals surface area contributed by atoms with Crippen molar-refractivity contribution < 1.29 is 10.2 Å². The number of hydrogen-bond donors (Lipinski definition) is 3. The number of aliphatic hydroxyl groups excluding tert-OH is 2. The van der Waals surface area contributed by atoms with Gasteiger partial charge in [0.2, 0.25) is 0 Å². The molecule has 0 saturated carbocycles. The normalized spacial score (nSPS) is 26.2. The Balaban J connectivity index is 2.74. The molecule has 0 aliphatic carbocycles. The second-order valence-corrected chi connectivity index (χ2v) is 2.03. The summed E-state index contributed by atoms with van der Waals surface area (Å²) in [5.74, 6) is -0.0324. The molecule has 0 fully saturated rings. The molecule has 0 bridgehead atoms. The van der Waals surface area contributed by atoms with E-state index in [1.54, 1.807) is 13.1 Å². The van der Waals surface area contributed by atoms with E-state index < -0.39 is 6.10 Å². The van der Waals surface area contributed by atoms with Gasteiger partial charge in [-0.2, -0.15) is 0 Å². The average Bonchev–Trinajstić information content (AvgIpc) is 1.83. The first-order valence-electron chi connectivity index (χ1n) is 2.71. The molecule has 0 aromatic heterocycles. The van der Waals surface area contributed by atoms with Crippen molar-refractivity contribution in [3.63, 3.8) is 0 Å². The van der Waals surface area contributed by atoms with E-state index in [-0.39, 0.29) is 5.76 Å². The fourth-order valence-electron chi connectivity index (χ4n) is 0.650. The Labute approximate surface area is 53.3 Å². The summed E-state index contributed by atoms with van der Waals surface area (Å²) in [7, 11) is 0. The Morgan fingerprint density at radius 3 is 2.67 bits per heavy atom. The quantitative estimate of drug-likeness (QED) is 0.437. The third-order valence-corrected chi connectivity index (χ3v) is 1.25. The van der Waals surface area contributed by atoms with Gasteiger partial charge in [0.25, 0.3) is 0 Å². The molecule has 0 saturated heterocycles. The standard InChI is InChI=1S/C6H9NO2/c1-4-2-7-3-5(8)6(4)9/h2-3,6-9H,1H3. The van der Waals surface area contributed by atoms with Crippen LogP contribution in [0.2, 0.25) is 0 Å². The van der Waals surface area contributed by atoms with Crippen molar-refractivity contribution in [3.8, 4) is 0 Å². The molecule has 0 aromatic rings. The molecule has 3 N–H and O–H groups in total. The zero-order valence-corrected chi connectivity index (χ0v) is 5.13. The summed E-state index contributed by atoms with van der Waals surface area (Å²) in [6, 6.07) is 0. The van der Waals surface area contributed by atoms with Gasteiger partial charge in [-0.25, -0.2) is 0 Å². The highest BCUT2D eigenvalue weighted by Gasteiger charge is 2.13. The number of hydrogen-bond acceptors (Lipinski definition) is 3. The lowest BCUT2D eigenvalue weighted by Gasteiger charge is -2.14. The van der Waals surface area contributed by atoms with Crippen LogP contribution in [0.3, 0.4) is 0 Å². The molecule has 1 atom stereocenters. The van der Waals surface area contributed by atoms with Gasteiger partial charge >= 0.3 is 0 Å². The van der Waals surface area contributed by atoms with Crippen molar-refractivity contribution in [2.45, 2.75) is 13.0 Å². The van der Waals surface area contributed by atoms with Crippen LogP contribution in [-0.4, -0.2) is 16.3 Å². The van der Waals surface area contributed by atoms with Gasteiger partial charge in [0.1, 0.15) is 11.9 Å².